The molecular formula is C13H16N2O3. The van der Waals surface area contributed by atoms with Gasteiger partial charge in [0.25, 0.3) is 5.89 Å². The molecule has 1 aromatic carbocycles. The van der Waals surface area contributed by atoms with Crippen LogP contribution in [0.1, 0.15) is 32.0 Å². The first-order valence-electron chi connectivity index (χ1n) is 5.86. The number of phenolic OH excluding ortho intramolecular Hbond substituents is 1. The molecule has 2 aromatic rings. The normalized spacial score (nSPS) is 12.4. The van der Waals surface area contributed by atoms with Gasteiger partial charge in [0.1, 0.15) is 0 Å². The smallest absolute Gasteiger partial charge is 0.258 e. The van der Waals surface area contributed by atoms with Gasteiger partial charge >= 0.3 is 0 Å². The Morgan fingerprint density at radius 1 is 1.44 bits per heavy atom. The minimum atomic E-state index is 0.0540. The van der Waals surface area contributed by atoms with E-state index in [2.05, 4.69) is 17.1 Å². The van der Waals surface area contributed by atoms with Crippen LogP contribution in [0.4, 0.5) is 0 Å². The van der Waals surface area contributed by atoms with Crippen LogP contribution in [-0.2, 0) is 0 Å². The molecule has 96 valence electrons. The van der Waals surface area contributed by atoms with Crippen LogP contribution in [0.2, 0.25) is 0 Å². The molecule has 0 amide bonds. The highest BCUT2D eigenvalue weighted by molar-refractivity contribution is 5.59. The Bertz CT molecular complexity index is 537. The van der Waals surface area contributed by atoms with E-state index in [-0.39, 0.29) is 11.7 Å². The summed E-state index contributed by atoms with van der Waals surface area (Å²) in [4.78, 5) is 4.32. The lowest BCUT2D eigenvalue weighted by Gasteiger charge is -2.03. The van der Waals surface area contributed by atoms with Gasteiger partial charge in [-0.2, -0.15) is 4.98 Å². The highest BCUT2D eigenvalue weighted by Gasteiger charge is 2.14. The van der Waals surface area contributed by atoms with Crippen LogP contribution in [0, 0.1) is 0 Å². The van der Waals surface area contributed by atoms with Gasteiger partial charge in [-0.25, -0.2) is 0 Å². The molecule has 0 saturated carbocycles. The van der Waals surface area contributed by atoms with Crippen LogP contribution in [0.3, 0.4) is 0 Å². The second kappa shape index (κ2) is 5.08. The summed E-state index contributed by atoms with van der Waals surface area (Å²) >= 11 is 0. The summed E-state index contributed by atoms with van der Waals surface area (Å²) in [7, 11) is 1.50. The summed E-state index contributed by atoms with van der Waals surface area (Å²) in [6.07, 6.45) is 0.951. The maximum absolute atomic E-state index is 9.70. The van der Waals surface area contributed by atoms with Crippen molar-refractivity contribution < 1.29 is 14.4 Å². The summed E-state index contributed by atoms with van der Waals surface area (Å²) in [6.45, 7) is 4.11. The molecule has 1 N–H and O–H groups in total. The van der Waals surface area contributed by atoms with E-state index < -0.39 is 0 Å². The Morgan fingerprint density at radius 2 is 2.22 bits per heavy atom. The maximum Gasteiger partial charge on any atom is 0.258 e. The van der Waals surface area contributed by atoms with E-state index in [1.165, 1.54) is 7.11 Å². The molecule has 18 heavy (non-hydrogen) atoms. The molecule has 5 heteroatoms. The summed E-state index contributed by atoms with van der Waals surface area (Å²) in [5.74, 6) is 1.82. The standard InChI is InChI=1S/C13H16N2O3/c1-4-8(2)12-14-13(18-15-12)9-5-6-11(17-3)10(16)7-9/h5-8,16H,4H2,1-3H3. The van der Waals surface area contributed by atoms with E-state index in [9.17, 15) is 5.11 Å². The second-order valence-electron chi connectivity index (χ2n) is 4.15. The summed E-state index contributed by atoms with van der Waals surface area (Å²) in [5.41, 5.74) is 0.676. The quantitative estimate of drug-likeness (QED) is 0.900. The predicted molar refractivity (Wildman–Crippen MR) is 66.7 cm³/mol. The van der Waals surface area contributed by atoms with Crippen LogP contribution in [0.5, 0.6) is 11.5 Å². The van der Waals surface area contributed by atoms with Crippen LogP contribution in [0.15, 0.2) is 22.7 Å². The fraction of sp³-hybridized carbons (Fsp3) is 0.385. The molecule has 0 fully saturated rings. The number of phenols is 1. The third kappa shape index (κ3) is 2.30. The number of rotatable bonds is 4. The first-order chi connectivity index (χ1) is 8.65. The van der Waals surface area contributed by atoms with Gasteiger partial charge < -0.3 is 14.4 Å². The average Bonchev–Trinajstić information content (AvgIpc) is 2.87. The Morgan fingerprint density at radius 3 is 2.83 bits per heavy atom. The van der Waals surface area contributed by atoms with Crippen molar-refractivity contribution in [2.24, 2.45) is 0 Å². The Balaban J connectivity index is 2.31. The number of ether oxygens (including phenoxy) is 1. The highest BCUT2D eigenvalue weighted by atomic mass is 16.5. The molecule has 0 radical (unpaired) electrons. The lowest BCUT2D eigenvalue weighted by Crippen LogP contribution is -1.93. The van der Waals surface area contributed by atoms with Gasteiger partial charge in [-0.1, -0.05) is 19.0 Å². The lowest BCUT2D eigenvalue weighted by molar-refractivity contribution is 0.373. The van der Waals surface area contributed by atoms with Crippen molar-refractivity contribution in [3.63, 3.8) is 0 Å². The predicted octanol–water partition coefficient (Wildman–Crippen LogP) is 2.96. The van der Waals surface area contributed by atoms with Gasteiger partial charge in [-0.15, -0.1) is 0 Å². The average molecular weight is 248 g/mol. The first kappa shape index (κ1) is 12.4. The van der Waals surface area contributed by atoms with E-state index in [4.69, 9.17) is 9.26 Å². The molecule has 0 bridgehead atoms. The van der Waals surface area contributed by atoms with Crippen molar-refractivity contribution in [3.05, 3.63) is 24.0 Å². The topological polar surface area (TPSA) is 68.4 Å². The first-order valence-corrected chi connectivity index (χ1v) is 5.86. The van der Waals surface area contributed by atoms with Gasteiger partial charge in [0.15, 0.2) is 17.3 Å². The maximum atomic E-state index is 9.70. The van der Waals surface area contributed by atoms with E-state index in [1.54, 1.807) is 18.2 Å². The van der Waals surface area contributed by atoms with Gasteiger partial charge in [0.2, 0.25) is 0 Å². The number of methoxy groups -OCH3 is 1. The molecule has 0 aliphatic rings. The van der Waals surface area contributed by atoms with Crippen LogP contribution < -0.4 is 4.74 Å². The molecule has 0 aliphatic carbocycles. The largest absolute Gasteiger partial charge is 0.504 e. The molecule has 1 heterocycles. The van der Waals surface area contributed by atoms with E-state index in [0.29, 0.717) is 23.0 Å². The van der Waals surface area contributed by atoms with E-state index >= 15 is 0 Å². The van der Waals surface area contributed by atoms with Gasteiger partial charge in [0.05, 0.1) is 7.11 Å². The third-order valence-corrected chi connectivity index (χ3v) is 2.92. The summed E-state index contributed by atoms with van der Waals surface area (Å²) in [5, 5.41) is 13.6. The number of aromatic nitrogens is 2. The molecule has 1 aromatic heterocycles. The SMILES string of the molecule is CCC(C)c1noc(-c2ccc(OC)c(O)c2)n1. The monoisotopic (exact) mass is 248 g/mol. The third-order valence-electron chi connectivity index (χ3n) is 2.92. The van der Waals surface area contributed by atoms with Crippen LogP contribution in [0.25, 0.3) is 11.5 Å². The Hall–Kier alpha value is -2.04. The Kier molecular flexibility index (Phi) is 3.50. The summed E-state index contributed by atoms with van der Waals surface area (Å²) < 4.78 is 10.2. The number of benzene rings is 1. The number of hydrogen-bond donors (Lipinski definition) is 1. The zero-order valence-corrected chi connectivity index (χ0v) is 10.7. The number of aromatic hydroxyl groups is 1. The van der Waals surface area contributed by atoms with Crippen molar-refractivity contribution in [2.75, 3.05) is 7.11 Å². The molecular weight excluding hydrogens is 232 g/mol. The minimum absolute atomic E-state index is 0.0540. The van der Waals surface area contributed by atoms with Crippen molar-refractivity contribution in [1.29, 1.82) is 0 Å². The van der Waals surface area contributed by atoms with Crippen molar-refractivity contribution >= 4 is 0 Å². The molecule has 1 atom stereocenters. The van der Waals surface area contributed by atoms with Crippen molar-refractivity contribution in [1.82, 2.24) is 10.1 Å². The van der Waals surface area contributed by atoms with Crippen LogP contribution in [-0.4, -0.2) is 22.4 Å². The van der Waals surface area contributed by atoms with Crippen molar-refractivity contribution in [2.45, 2.75) is 26.2 Å². The zero-order chi connectivity index (χ0) is 13.1. The highest BCUT2D eigenvalue weighted by Crippen LogP contribution is 2.31. The van der Waals surface area contributed by atoms with Gasteiger partial charge in [-0.3, -0.25) is 0 Å². The fourth-order valence-corrected chi connectivity index (χ4v) is 1.56. The molecule has 2 rings (SSSR count). The fourth-order valence-electron chi connectivity index (χ4n) is 1.56. The van der Waals surface area contributed by atoms with Crippen LogP contribution >= 0.6 is 0 Å². The number of nitrogens with zero attached hydrogens (tertiary/aromatic N) is 2. The van der Waals surface area contributed by atoms with Gasteiger partial charge in [-0.05, 0) is 24.6 Å². The molecule has 0 aliphatic heterocycles. The second-order valence-corrected chi connectivity index (χ2v) is 4.15. The van der Waals surface area contributed by atoms with E-state index in [1.807, 2.05) is 6.92 Å². The number of hydrogen-bond acceptors (Lipinski definition) is 5. The van der Waals surface area contributed by atoms with E-state index in [0.717, 1.165) is 6.42 Å². The lowest BCUT2D eigenvalue weighted by atomic mass is 10.1. The van der Waals surface area contributed by atoms with Gasteiger partial charge in [0, 0.05) is 11.5 Å². The summed E-state index contributed by atoms with van der Waals surface area (Å²) in [6, 6.07) is 4.98. The zero-order valence-electron chi connectivity index (χ0n) is 10.7. The van der Waals surface area contributed by atoms with Crippen molar-refractivity contribution in [3.8, 4) is 23.0 Å². The molecule has 0 saturated heterocycles. The Labute approximate surface area is 105 Å². The molecule has 5 nitrogen and oxygen atoms in total. The molecule has 0 spiro atoms. The molecule has 1 unspecified atom stereocenters. The minimum Gasteiger partial charge on any atom is -0.504 e.